The summed E-state index contributed by atoms with van der Waals surface area (Å²) in [5, 5.41) is 12.4. The number of carbonyl (C=O) groups is 1. The van der Waals surface area contributed by atoms with Crippen LogP contribution in [0.4, 0.5) is 0 Å². The molecule has 0 aromatic heterocycles. The van der Waals surface area contributed by atoms with Crippen molar-refractivity contribution in [2.45, 2.75) is 19.3 Å². The first-order chi connectivity index (χ1) is 7.74. The number of nitrogens with one attached hydrogen (secondary N) is 1. The number of hydrogen-bond acceptors (Lipinski definition) is 4. The molecule has 4 nitrogen and oxygen atoms in total. The lowest BCUT2D eigenvalue weighted by atomic mass is 10.2. The number of carbonyl (C=O) groups excluding carboxylic acids is 1. The predicted octanol–water partition coefficient (Wildman–Crippen LogP) is 2.11. The van der Waals surface area contributed by atoms with E-state index in [0.29, 0.717) is 6.42 Å². The van der Waals surface area contributed by atoms with Crippen LogP contribution in [0, 0.1) is 0 Å². The standard InChI is InChI=1S/C12H17NO3.ClH/c1-13-9-5-4-8-12(15)16-11-7-3-2-6-10(11)14;/h2-3,6-7,13-14H,4-5,8-9H2,1H3;1H. The number of phenols is 1. The van der Waals surface area contributed by atoms with Gasteiger partial charge in [-0.25, -0.2) is 0 Å². The molecule has 0 unspecified atom stereocenters. The summed E-state index contributed by atoms with van der Waals surface area (Å²) in [6, 6.07) is 6.45. The molecule has 1 rings (SSSR count). The van der Waals surface area contributed by atoms with Crippen molar-refractivity contribution in [1.29, 1.82) is 0 Å². The highest BCUT2D eigenvalue weighted by atomic mass is 35.5. The van der Waals surface area contributed by atoms with Crippen LogP contribution < -0.4 is 10.1 Å². The highest BCUT2D eigenvalue weighted by Crippen LogP contribution is 2.24. The number of rotatable bonds is 6. The lowest BCUT2D eigenvalue weighted by Crippen LogP contribution is -2.11. The number of halogens is 1. The van der Waals surface area contributed by atoms with Gasteiger partial charge in [-0.2, -0.15) is 0 Å². The monoisotopic (exact) mass is 259 g/mol. The highest BCUT2D eigenvalue weighted by Gasteiger charge is 2.07. The summed E-state index contributed by atoms with van der Waals surface area (Å²) < 4.78 is 5.02. The minimum absolute atomic E-state index is 0. The number of esters is 1. The van der Waals surface area contributed by atoms with Gasteiger partial charge in [-0.15, -0.1) is 12.4 Å². The molecule has 0 bridgehead atoms. The zero-order valence-corrected chi connectivity index (χ0v) is 10.6. The molecule has 0 aliphatic heterocycles. The van der Waals surface area contributed by atoms with Crippen molar-refractivity contribution >= 4 is 18.4 Å². The zero-order chi connectivity index (χ0) is 11.8. The molecule has 0 aliphatic carbocycles. The van der Waals surface area contributed by atoms with Gasteiger partial charge in [0.25, 0.3) is 0 Å². The normalized spacial score (nSPS) is 9.47. The molecule has 0 spiro atoms. The Hall–Kier alpha value is -1.26. The average molecular weight is 260 g/mol. The lowest BCUT2D eigenvalue weighted by molar-refractivity contribution is -0.134. The molecule has 2 N–H and O–H groups in total. The Morgan fingerprint density at radius 2 is 2.06 bits per heavy atom. The van der Waals surface area contributed by atoms with Crippen LogP contribution in [0.5, 0.6) is 11.5 Å². The molecule has 0 atom stereocenters. The van der Waals surface area contributed by atoms with E-state index in [0.717, 1.165) is 19.4 Å². The molecule has 0 fully saturated rings. The van der Waals surface area contributed by atoms with Crippen molar-refractivity contribution in [3.05, 3.63) is 24.3 Å². The van der Waals surface area contributed by atoms with Gasteiger partial charge in [-0.1, -0.05) is 12.1 Å². The quantitative estimate of drug-likeness (QED) is 0.467. The van der Waals surface area contributed by atoms with Crippen molar-refractivity contribution in [3.63, 3.8) is 0 Å². The maximum absolute atomic E-state index is 11.4. The molecular formula is C12H18ClNO3. The van der Waals surface area contributed by atoms with Gasteiger partial charge in [-0.3, -0.25) is 4.79 Å². The van der Waals surface area contributed by atoms with Gasteiger partial charge in [0.1, 0.15) is 0 Å². The van der Waals surface area contributed by atoms with Gasteiger partial charge >= 0.3 is 5.97 Å². The number of phenolic OH excluding ortho intramolecular Hbond substituents is 1. The summed E-state index contributed by atoms with van der Waals surface area (Å²) in [6.45, 7) is 0.893. The molecule has 96 valence electrons. The molecule has 17 heavy (non-hydrogen) atoms. The second-order valence-electron chi connectivity index (χ2n) is 3.50. The number of hydrogen-bond donors (Lipinski definition) is 2. The van der Waals surface area contributed by atoms with Crippen LogP contribution in [0.1, 0.15) is 19.3 Å². The van der Waals surface area contributed by atoms with Crippen molar-refractivity contribution in [3.8, 4) is 11.5 Å². The largest absolute Gasteiger partial charge is 0.504 e. The minimum Gasteiger partial charge on any atom is -0.504 e. The average Bonchev–Trinajstić information content (AvgIpc) is 2.28. The Balaban J connectivity index is 0.00000256. The van der Waals surface area contributed by atoms with Crippen LogP contribution in [-0.4, -0.2) is 24.7 Å². The topological polar surface area (TPSA) is 58.6 Å². The van der Waals surface area contributed by atoms with E-state index in [2.05, 4.69) is 5.32 Å². The molecule has 0 saturated heterocycles. The van der Waals surface area contributed by atoms with Gasteiger partial charge < -0.3 is 15.2 Å². The lowest BCUT2D eigenvalue weighted by Gasteiger charge is -2.05. The van der Waals surface area contributed by atoms with Crippen molar-refractivity contribution < 1.29 is 14.6 Å². The van der Waals surface area contributed by atoms with E-state index in [1.54, 1.807) is 18.2 Å². The van der Waals surface area contributed by atoms with E-state index in [-0.39, 0.29) is 29.9 Å². The van der Waals surface area contributed by atoms with Crippen LogP contribution in [0.2, 0.25) is 0 Å². The highest BCUT2D eigenvalue weighted by molar-refractivity contribution is 5.85. The van der Waals surface area contributed by atoms with Crippen molar-refractivity contribution in [1.82, 2.24) is 5.32 Å². The van der Waals surface area contributed by atoms with Gasteiger partial charge in [-0.05, 0) is 38.6 Å². The van der Waals surface area contributed by atoms with E-state index in [9.17, 15) is 9.90 Å². The zero-order valence-electron chi connectivity index (χ0n) is 9.81. The summed E-state index contributed by atoms with van der Waals surface area (Å²) in [4.78, 5) is 11.4. The summed E-state index contributed by atoms with van der Waals surface area (Å²) in [7, 11) is 1.88. The Bertz CT molecular complexity index is 344. The van der Waals surface area contributed by atoms with Gasteiger partial charge in [0.2, 0.25) is 0 Å². The van der Waals surface area contributed by atoms with Crippen LogP contribution in [0.3, 0.4) is 0 Å². The Morgan fingerprint density at radius 3 is 2.71 bits per heavy atom. The maximum atomic E-state index is 11.4. The molecule has 0 heterocycles. The third-order valence-electron chi connectivity index (χ3n) is 2.15. The van der Waals surface area contributed by atoms with E-state index >= 15 is 0 Å². The first-order valence-corrected chi connectivity index (χ1v) is 5.37. The molecule has 5 heteroatoms. The maximum Gasteiger partial charge on any atom is 0.311 e. The molecule has 0 amide bonds. The number of para-hydroxylation sites is 2. The van der Waals surface area contributed by atoms with Crippen LogP contribution in [0.15, 0.2) is 24.3 Å². The number of aromatic hydroxyl groups is 1. The Labute approximate surface area is 107 Å². The SMILES string of the molecule is CNCCCCC(=O)Oc1ccccc1O.Cl. The molecule has 0 radical (unpaired) electrons. The van der Waals surface area contributed by atoms with E-state index < -0.39 is 0 Å². The summed E-state index contributed by atoms with van der Waals surface area (Å²) in [5.74, 6) is -0.0928. The summed E-state index contributed by atoms with van der Waals surface area (Å²) in [6.07, 6.45) is 2.09. The van der Waals surface area contributed by atoms with Crippen LogP contribution in [-0.2, 0) is 4.79 Å². The van der Waals surface area contributed by atoms with Gasteiger partial charge in [0, 0.05) is 6.42 Å². The molecule has 1 aromatic rings. The van der Waals surface area contributed by atoms with E-state index in [1.807, 2.05) is 7.05 Å². The molecular weight excluding hydrogens is 242 g/mol. The number of unbranched alkanes of at least 4 members (excludes halogenated alkanes) is 1. The third kappa shape index (κ3) is 6.14. The fourth-order valence-corrected chi connectivity index (χ4v) is 1.29. The fourth-order valence-electron chi connectivity index (χ4n) is 1.29. The summed E-state index contributed by atoms with van der Waals surface area (Å²) in [5.41, 5.74) is 0. The van der Waals surface area contributed by atoms with E-state index in [4.69, 9.17) is 4.74 Å². The van der Waals surface area contributed by atoms with Crippen molar-refractivity contribution in [2.75, 3.05) is 13.6 Å². The third-order valence-corrected chi connectivity index (χ3v) is 2.15. The second kappa shape index (κ2) is 8.84. The molecule has 0 aliphatic rings. The first-order valence-electron chi connectivity index (χ1n) is 5.37. The minimum atomic E-state index is -0.308. The van der Waals surface area contributed by atoms with Crippen LogP contribution in [0.25, 0.3) is 0 Å². The second-order valence-corrected chi connectivity index (χ2v) is 3.50. The fraction of sp³-hybridized carbons (Fsp3) is 0.417. The van der Waals surface area contributed by atoms with Crippen molar-refractivity contribution in [2.24, 2.45) is 0 Å². The predicted molar refractivity (Wildman–Crippen MR) is 68.8 cm³/mol. The molecule has 0 saturated carbocycles. The number of benzene rings is 1. The Morgan fingerprint density at radius 1 is 1.35 bits per heavy atom. The van der Waals surface area contributed by atoms with E-state index in [1.165, 1.54) is 6.07 Å². The van der Waals surface area contributed by atoms with Gasteiger partial charge in [0.05, 0.1) is 0 Å². The Kier molecular flexibility index (Phi) is 8.19. The van der Waals surface area contributed by atoms with Crippen LogP contribution >= 0.6 is 12.4 Å². The molecule has 1 aromatic carbocycles. The summed E-state index contributed by atoms with van der Waals surface area (Å²) >= 11 is 0. The smallest absolute Gasteiger partial charge is 0.311 e. The first kappa shape index (κ1) is 15.7. The van der Waals surface area contributed by atoms with Gasteiger partial charge in [0.15, 0.2) is 11.5 Å². The number of ether oxygens (including phenoxy) is 1.